The van der Waals surface area contributed by atoms with Crippen molar-refractivity contribution >= 4 is 11.9 Å². The summed E-state index contributed by atoms with van der Waals surface area (Å²) in [5.41, 5.74) is 0.167. The lowest BCUT2D eigenvalue weighted by molar-refractivity contribution is -0.126. The van der Waals surface area contributed by atoms with Crippen LogP contribution in [0.4, 0.5) is 4.79 Å². The second-order valence-corrected chi connectivity index (χ2v) is 11.5. The normalized spacial score (nSPS) is 31.1. The van der Waals surface area contributed by atoms with Crippen LogP contribution in [0.15, 0.2) is 30.3 Å². The van der Waals surface area contributed by atoms with Gasteiger partial charge in [-0.25, -0.2) is 4.79 Å². The first-order valence-corrected chi connectivity index (χ1v) is 13.1. The number of aliphatic hydroxyl groups is 1. The van der Waals surface area contributed by atoms with E-state index in [9.17, 15) is 14.7 Å². The van der Waals surface area contributed by atoms with Crippen molar-refractivity contribution in [1.29, 1.82) is 0 Å². The van der Waals surface area contributed by atoms with Gasteiger partial charge in [-0.2, -0.15) is 0 Å². The molecule has 0 bridgehead atoms. The number of nitrogens with zero attached hydrogens (tertiary/aromatic N) is 2. The van der Waals surface area contributed by atoms with Gasteiger partial charge in [-0.1, -0.05) is 30.3 Å². The largest absolute Gasteiger partial charge is 0.388 e. The number of hydrogen-bond acceptors (Lipinski definition) is 5. The van der Waals surface area contributed by atoms with Crippen LogP contribution >= 0.6 is 0 Å². The Morgan fingerprint density at radius 3 is 2.40 bits per heavy atom. The van der Waals surface area contributed by atoms with Crippen molar-refractivity contribution in [1.82, 2.24) is 20.4 Å². The maximum atomic E-state index is 12.9. The third-order valence-corrected chi connectivity index (χ3v) is 8.98. The van der Waals surface area contributed by atoms with E-state index in [1.807, 2.05) is 6.07 Å². The zero-order valence-electron chi connectivity index (χ0n) is 21.1. The van der Waals surface area contributed by atoms with Crippen LogP contribution in [-0.2, 0) is 14.9 Å². The summed E-state index contributed by atoms with van der Waals surface area (Å²) in [5.74, 6) is -0.0265. The third-order valence-electron chi connectivity index (χ3n) is 8.98. The van der Waals surface area contributed by atoms with E-state index < -0.39 is 5.60 Å². The van der Waals surface area contributed by atoms with Gasteiger partial charge in [0.05, 0.1) is 30.4 Å². The van der Waals surface area contributed by atoms with Crippen molar-refractivity contribution in [2.45, 2.75) is 80.0 Å². The number of benzene rings is 1. The molecule has 4 aliphatic rings. The molecule has 3 N–H and O–H groups in total. The summed E-state index contributed by atoms with van der Waals surface area (Å²) >= 11 is 0. The molecule has 2 saturated carbocycles. The van der Waals surface area contributed by atoms with Crippen LogP contribution in [0.1, 0.15) is 56.9 Å². The predicted octanol–water partition coefficient (Wildman–Crippen LogP) is 2.01. The van der Waals surface area contributed by atoms with Crippen molar-refractivity contribution in [2.75, 3.05) is 40.4 Å². The molecule has 8 heteroatoms. The fraction of sp³-hybridized carbons (Fsp3) is 0.704. The summed E-state index contributed by atoms with van der Waals surface area (Å²) in [6.45, 7) is 2.21. The third kappa shape index (κ3) is 4.56. The summed E-state index contributed by atoms with van der Waals surface area (Å²) in [6.07, 6.45) is 6.58. The first-order valence-electron chi connectivity index (χ1n) is 13.1. The average Bonchev–Trinajstić information content (AvgIpc) is 3.10. The van der Waals surface area contributed by atoms with Crippen molar-refractivity contribution in [3.8, 4) is 0 Å². The number of likely N-dealkylation sites (N-methyl/N-ethyl adjacent to an activating group) is 1. The van der Waals surface area contributed by atoms with Gasteiger partial charge in [0.1, 0.15) is 0 Å². The first kappa shape index (κ1) is 24.5. The number of carbonyl (C=O) groups excluding carboxylic acids is 2. The van der Waals surface area contributed by atoms with Gasteiger partial charge in [-0.15, -0.1) is 0 Å². The van der Waals surface area contributed by atoms with E-state index in [1.165, 1.54) is 5.56 Å². The zero-order chi connectivity index (χ0) is 24.7. The molecular formula is C27H40N4O4. The fourth-order valence-corrected chi connectivity index (χ4v) is 7.07. The predicted molar refractivity (Wildman–Crippen MR) is 133 cm³/mol. The molecule has 1 atom stereocenters. The van der Waals surface area contributed by atoms with Crippen LogP contribution in [0.5, 0.6) is 0 Å². The summed E-state index contributed by atoms with van der Waals surface area (Å²) in [4.78, 5) is 29.1. The van der Waals surface area contributed by atoms with Gasteiger partial charge >= 0.3 is 6.03 Å². The van der Waals surface area contributed by atoms with Crippen molar-refractivity contribution in [3.63, 3.8) is 0 Å². The SMILES string of the molecule is CN(C)C(C1(O)CCC1)C1(c2ccccc2)CCC2(CC1)CN(CCC(=O)NC1COC1)C(=O)N2. The van der Waals surface area contributed by atoms with Crippen molar-refractivity contribution in [2.24, 2.45) is 0 Å². The van der Waals surface area contributed by atoms with Gasteiger partial charge in [0, 0.05) is 31.0 Å². The quantitative estimate of drug-likeness (QED) is 0.525. The number of urea groups is 1. The average molecular weight is 485 g/mol. The molecule has 2 aliphatic carbocycles. The molecule has 1 aromatic rings. The Balaban J connectivity index is 1.29. The molecule has 2 heterocycles. The second kappa shape index (κ2) is 9.37. The molecular weight excluding hydrogens is 444 g/mol. The molecule has 1 unspecified atom stereocenters. The maximum Gasteiger partial charge on any atom is 0.317 e. The highest BCUT2D eigenvalue weighted by Gasteiger charge is 2.58. The molecule has 1 aromatic carbocycles. The summed E-state index contributed by atoms with van der Waals surface area (Å²) in [7, 11) is 4.19. The Bertz CT molecular complexity index is 920. The summed E-state index contributed by atoms with van der Waals surface area (Å²) in [6, 6.07) is 10.7. The minimum absolute atomic E-state index is 0.0240. The smallest absolute Gasteiger partial charge is 0.317 e. The number of nitrogens with one attached hydrogen (secondary N) is 2. The second-order valence-electron chi connectivity index (χ2n) is 11.5. The Hall–Kier alpha value is -2.16. The van der Waals surface area contributed by atoms with Gasteiger partial charge in [-0.05, 0) is 64.6 Å². The van der Waals surface area contributed by atoms with E-state index in [2.05, 4.69) is 53.9 Å². The standard InChI is InChI=1S/C27H40N4O4/c1-30(2)23(27(34)10-6-11-27)26(20-7-4-3-5-8-20)14-12-25(13-15-26)19-31(24(33)29-25)16-9-22(32)28-21-17-35-18-21/h3-5,7-8,21,23,34H,6,9-19H2,1-2H3,(H,28,32)(H,29,33). The highest BCUT2D eigenvalue weighted by atomic mass is 16.5. The van der Waals surface area contributed by atoms with E-state index in [0.717, 1.165) is 44.9 Å². The number of hydrogen-bond donors (Lipinski definition) is 3. The molecule has 0 radical (unpaired) electrons. The van der Waals surface area contributed by atoms with Crippen LogP contribution in [0.3, 0.4) is 0 Å². The van der Waals surface area contributed by atoms with Gasteiger partial charge in [0.2, 0.25) is 5.91 Å². The molecule has 2 saturated heterocycles. The lowest BCUT2D eigenvalue weighted by atomic mass is 9.54. The Morgan fingerprint density at radius 2 is 1.86 bits per heavy atom. The highest BCUT2D eigenvalue weighted by molar-refractivity contribution is 5.80. The Labute approximate surface area is 208 Å². The molecule has 5 rings (SSSR count). The topological polar surface area (TPSA) is 94.1 Å². The molecule has 8 nitrogen and oxygen atoms in total. The molecule has 35 heavy (non-hydrogen) atoms. The van der Waals surface area contributed by atoms with Crippen molar-refractivity contribution in [3.05, 3.63) is 35.9 Å². The minimum atomic E-state index is -0.673. The fourth-order valence-electron chi connectivity index (χ4n) is 7.07. The van der Waals surface area contributed by atoms with Crippen LogP contribution in [0, 0.1) is 0 Å². The van der Waals surface area contributed by atoms with E-state index in [0.29, 0.717) is 32.7 Å². The van der Waals surface area contributed by atoms with E-state index >= 15 is 0 Å². The van der Waals surface area contributed by atoms with Crippen LogP contribution < -0.4 is 10.6 Å². The van der Waals surface area contributed by atoms with E-state index in [4.69, 9.17) is 4.74 Å². The van der Waals surface area contributed by atoms with Crippen molar-refractivity contribution < 1.29 is 19.4 Å². The number of carbonyl (C=O) groups is 2. The lowest BCUT2D eigenvalue weighted by Crippen LogP contribution is -2.66. The highest BCUT2D eigenvalue weighted by Crippen LogP contribution is 2.53. The monoisotopic (exact) mass is 484 g/mol. The lowest BCUT2D eigenvalue weighted by Gasteiger charge is -2.58. The number of rotatable bonds is 8. The van der Waals surface area contributed by atoms with E-state index in [-0.39, 0.29) is 35.0 Å². The maximum absolute atomic E-state index is 12.9. The Morgan fingerprint density at radius 1 is 1.17 bits per heavy atom. The molecule has 3 amide bonds. The van der Waals surface area contributed by atoms with Gasteiger partial charge in [0.15, 0.2) is 0 Å². The molecule has 2 aliphatic heterocycles. The Kier molecular flexibility index (Phi) is 6.57. The van der Waals surface area contributed by atoms with Gasteiger partial charge < -0.3 is 30.3 Å². The number of amides is 3. The number of ether oxygens (including phenoxy) is 1. The minimum Gasteiger partial charge on any atom is -0.388 e. The molecule has 0 aromatic heterocycles. The van der Waals surface area contributed by atoms with Gasteiger partial charge in [0.25, 0.3) is 0 Å². The molecule has 4 fully saturated rings. The molecule has 192 valence electrons. The summed E-state index contributed by atoms with van der Waals surface area (Å²) < 4.78 is 5.11. The molecule has 1 spiro atoms. The first-order chi connectivity index (χ1) is 16.8. The van der Waals surface area contributed by atoms with E-state index in [1.54, 1.807) is 4.90 Å². The summed E-state index contributed by atoms with van der Waals surface area (Å²) in [5, 5.41) is 17.8. The van der Waals surface area contributed by atoms with Crippen LogP contribution in [0.25, 0.3) is 0 Å². The van der Waals surface area contributed by atoms with Gasteiger partial charge in [-0.3, -0.25) is 4.79 Å². The zero-order valence-corrected chi connectivity index (χ0v) is 21.1. The van der Waals surface area contributed by atoms with Crippen LogP contribution in [-0.4, -0.2) is 90.5 Å². The van der Waals surface area contributed by atoms with Crippen LogP contribution in [0.2, 0.25) is 0 Å².